The number of aliphatic imine (C=N–C) groups is 1. The van der Waals surface area contributed by atoms with E-state index < -0.39 is 0 Å². The van der Waals surface area contributed by atoms with Gasteiger partial charge in [-0.2, -0.15) is 0 Å². The van der Waals surface area contributed by atoms with E-state index in [4.69, 9.17) is 0 Å². The molecule has 0 bridgehead atoms. The van der Waals surface area contributed by atoms with Crippen LogP contribution in [0.5, 0.6) is 0 Å². The molecule has 1 rings (SSSR count). The molecule has 0 heterocycles. The van der Waals surface area contributed by atoms with Gasteiger partial charge in [-0.05, 0) is 48.9 Å². The maximum atomic E-state index is 3.94. The molecule has 16 heavy (non-hydrogen) atoms. The molecule has 0 aliphatic carbocycles. The number of nitrogens with zero attached hydrogens (tertiary/aromatic N) is 1. The average Bonchev–Trinajstić information content (AvgIpc) is 2.24. The van der Waals surface area contributed by atoms with Crippen LogP contribution >= 0.6 is 11.8 Å². The van der Waals surface area contributed by atoms with Crippen molar-refractivity contribution in [3.05, 3.63) is 53.1 Å². The monoisotopic (exact) mass is 231 g/mol. The first-order chi connectivity index (χ1) is 7.63. The van der Waals surface area contributed by atoms with Crippen LogP contribution in [0.2, 0.25) is 0 Å². The Morgan fingerprint density at radius 3 is 2.81 bits per heavy atom. The second kappa shape index (κ2) is 6.33. The SMILES string of the molecule is C=CN=C/C=C(\C)Sc1cc(C)ccc1C. The van der Waals surface area contributed by atoms with Crippen LogP contribution in [0.3, 0.4) is 0 Å². The average molecular weight is 231 g/mol. The van der Waals surface area contributed by atoms with Gasteiger partial charge in [0.1, 0.15) is 0 Å². The van der Waals surface area contributed by atoms with Crippen molar-refractivity contribution in [3.8, 4) is 0 Å². The molecule has 0 unspecified atom stereocenters. The molecule has 0 aliphatic heterocycles. The predicted octanol–water partition coefficient (Wildman–Crippen LogP) is 4.51. The lowest BCUT2D eigenvalue weighted by Gasteiger charge is -2.06. The summed E-state index contributed by atoms with van der Waals surface area (Å²) in [7, 11) is 0. The van der Waals surface area contributed by atoms with E-state index in [1.165, 1.54) is 27.1 Å². The van der Waals surface area contributed by atoms with Gasteiger partial charge >= 0.3 is 0 Å². The van der Waals surface area contributed by atoms with Crippen LogP contribution in [0, 0.1) is 13.8 Å². The topological polar surface area (TPSA) is 12.4 Å². The molecule has 1 nitrogen and oxygen atoms in total. The Morgan fingerprint density at radius 2 is 2.12 bits per heavy atom. The highest BCUT2D eigenvalue weighted by atomic mass is 32.2. The van der Waals surface area contributed by atoms with Crippen molar-refractivity contribution in [1.29, 1.82) is 0 Å². The van der Waals surface area contributed by atoms with Gasteiger partial charge in [0.25, 0.3) is 0 Å². The summed E-state index contributed by atoms with van der Waals surface area (Å²) in [6.45, 7) is 9.86. The summed E-state index contributed by atoms with van der Waals surface area (Å²) < 4.78 is 0. The first-order valence-corrected chi connectivity index (χ1v) is 6.01. The van der Waals surface area contributed by atoms with E-state index >= 15 is 0 Å². The highest BCUT2D eigenvalue weighted by Gasteiger charge is 2.00. The molecule has 1 aromatic carbocycles. The molecule has 0 saturated carbocycles. The van der Waals surface area contributed by atoms with Crippen molar-refractivity contribution >= 4 is 18.0 Å². The maximum Gasteiger partial charge on any atom is 0.0275 e. The third-order valence-corrected chi connectivity index (χ3v) is 3.23. The summed E-state index contributed by atoms with van der Waals surface area (Å²) in [5, 5.41) is 0. The standard InChI is InChI=1S/C14H17NS/c1-5-15-9-8-13(4)16-14-10-11(2)6-7-12(14)3/h5-10H,1H2,2-4H3/b13-8+,15-9?. The van der Waals surface area contributed by atoms with Crippen molar-refractivity contribution < 1.29 is 0 Å². The van der Waals surface area contributed by atoms with E-state index in [-0.39, 0.29) is 0 Å². The van der Waals surface area contributed by atoms with Crippen molar-refractivity contribution in [2.75, 3.05) is 0 Å². The fourth-order valence-corrected chi connectivity index (χ4v) is 2.18. The number of thioether (sulfide) groups is 1. The first-order valence-electron chi connectivity index (χ1n) is 5.19. The van der Waals surface area contributed by atoms with Gasteiger partial charge in [-0.15, -0.1) is 0 Å². The Morgan fingerprint density at radius 1 is 1.38 bits per heavy atom. The molecular weight excluding hydrogens is 214 g/mol. The van der Waals surface area contributed by atoms with Crippen molar-refractivity contribution in [1.82, 2.24) is 0 Å². The second-order valence-electron chi connectivity index (χ2n) is 3.63. The van der Waals surface area contributed by atoms with E-state index in [0.29, 0.717) is 0 Å². The molecule has 0 radical (unpaired) electrons. The van der Waals surface area contributed by atoms with Crippen molar-refractivity contribution in [2.45, 2.75) is 25.7 Å². The van der Waals surface area contributed by atoms with Gasteiger partial charge in [0.2, 0.25) is 0 Å². The number of hydrogen-bond acceptors (Lipinski definition) is 2. The lowest BCUT2D eigenvalue weighted by atomic mass is 10.2. The summed E-state index contributed by atoms with van der Waals surface area (Å²) in [6.07, 6.45) is 5.29. The lowest BCUT2D eigenvalue weighted by molar-refractivity contribution is 1.26. The number of rotatable bonds is 4. The predicted molar refractivity (Wildman–Crippen MR) is 74.2 cm³/mol. The van der Waals surface area contributed by atoms with Crippen LogP contribution in [0.15, 0.2) is 51.8 Å². The van der Waals surface area contributed by atoms with Crippen LogP contribution in [0.4, 0.5) is 0 Å². The smallest absolute Gasteiger partial charge is 0.0275 e. The number of hydrogen-bond donors (Lipinski definition) is 0. The summed E-state index contributed by atoms with van der Waals surface area (Å²) in [5.41, 5.74) is 2.60. The van der Waals surface area contributed by atoms with Crippen LogP contribution < -0.4 is 0 Å². The molecule has 1 aromatic rings. The highest BCUT2D eigenvalue weighted by Crippen LogP contribution is 2.29. The summed E-state index contributed by atoms with van der Waals surface area (Å²) in [6, 6.07) is 6.50. The Balaban J connectivity index is 2.79. The summed E-state index contributed by atoms with van der Waals surface area (Å²) in [5.74, 6) is 0. The fraction of sp³-hybridized carbons (Fsp3) is 0.214. The number of benzene rings is 1. The van der Waals surface area contributed by atoms with Gasteiger partial charge in [-0.3, -0.25) is 4.99 Å². The molecule has 0 spiro atoms. The second-order valence-corrected chi connectivity index (χ2v) is 4.92. The van der Waals surface area contributed by atoms with Gasteiger partial charge in [-0.25, -0.2) is 0 Å². The van der Waals surface area contributed by atoms with Crippen LogP contribution in [-0.2, 0) is 0 Å². The third-order valence-electron chi connectivity index (χ3n) is 2.12. The van der Waals surface area contributed by atoms with Gasteiger partial charge in [-0.1, -0.05) is 30.5 Å². The molecule has 84 valence electrons. The summed E-state index contributed by atoms with van der Waals surface area (Å²) >= 11 is 1.77. The Hall–Kier alpha value is -1.28. The van der Waals surface area contributed by atoms with E-state index in [1.807, 2.05) is 6.08 Å². The maximum absolute atomic E-state index is 3.94. The minimum Gasteiger partial charge on any atom is -0.265 e. The summed E-state index contributed by atoms with van der Waals surface area (Å²) in [4.78, 5) is 6.47. The van der Waals surface area contributed by atoms with Gasteiger partial charge in [0, 0.05) is 17.3 Å². The van der Waals surface area contributed by atoms with Crippen molar-refractivity contribution in [3.63, 3.8) is 0 Å². The zero-order chi connectivity index (χ0) is 12.0. The molecule has 0 amide bonds. The molecule has 2 heteroatoms. The zero-order valence-electron chi connectivity index (χ0n) is 10.0. The highest BCUT2D eigenvalue weighted by molar-refractivity contribution is 8.03. The van der Waals surface area contributed by atoms with Gasteiger partial charge in [0.05, 0.1) is 0 Å². The van der Waals surface area contributed by atoms with Gasteiger partial charge in [0.15, 0.2) is 0 Å². The first kappa shape index (κ1) is 12.8. The molecule has 0 N–H and O–H groups in total. The van der Waals surface area contributed by atoms with E-state index in [1.54, 1.807) is 18.0 Å². The van der Waals surface area contributed by atoms with E-state index in [2.05, 4.69) is 50.5 Å². The molecule has 0 aliphatic rings. The fourth-order valence-electron chi connectivity index (χ4n) is 1.23. The van der Waals surface area contributed by atoms with E-state index in [0.717, 1.165) is 0 Å². The van der Waals surface area contributed by atoms with Crippen LogP contribution in [0.25, 0.3) is 0 Å². The minimum atomic E-state index is 1.22. The van der Waals surface area contributed by atoms with Crippen LogP contribution in [0.1, 0.15) is 18.1 Å². The molecule has 0 fully saturated rings. The molecule has 0 saturated heterocycles. The number of aryl methyl sites for hydroxylation is 2. The number of allylic oxidation sites excluding steroid dienone is 2. The zero-order valence-corrected chi connectivity index (χ0v) is 10.8. The largest absolute Gasteiger partial charge is 0.265 e. The lowest BCUT2D eigenvalue weighted by Crippen LogP contribution is -1.82. The van der Waals surface area contributed by atoms with Crippen molar-refractivity contribution in [2.24, 2.45) is 4.99 Å². The van der Waals surface area contributed by atoms with Crippen LogP contribution in [-0.4, -0.2) is 6.21 Å². The Kier molecular flexibility index (Phi) is 5.06. The minimum absolute atomic E-state index is 1.22. The molecule has 0 atom stereocenters. The molecule has 0 aromatic heterocycles. The quantitative estimate of drug-likeness (QED) is 0.548. The third kappa shape index (κ3) is 4.07. The molecular formula is C14H17NS. The van der Waals surface area contributed by atoms with Gasteiger partial charge < -0.3 is 0 Å². The Labute approximate surface area is 102 Å². The normalized spacial score (nSPS) is 12.1. The van der Waals surface area contributed by atoms with E-state index in [9.17, 15) is 0 Å². The Bertz CT molecular complexity index is 430.